The van der Waals surface area contributed by atoms with E-state index in [4.69, 9.17) is 4.74 Å². The van der Waals surface area contributed by atoms with Gasteiger partial charge in [0.15, 0.2) is 0 Å². The summed E-state index contributed by atoms with van der Waals surface area (Å²) in [5.41, 5.74) is 1.45. The minimum absolute atomic E-state index is 0.382. The van der Waals surface area contributed by atoms with Crippen LogP contribution in [0, 0.1) is 0 Å². The van der Waals surface area contributed by atoms with Gasteiger partial charge in [0.1, 0.15) is 11.9 Å². The predicted octanol–water partition coefficient (Wildman–Crippen LogP) is 4.16. The molecule has 1 aliphatic heterocycles. The number of piperidine rings is 1. The lowest BCUT2D eigenvalue weighted by Gasteiger charge is -2.32. The molecular formula is C20H25NO. The van der Waals surface area contributed by atoms with Crippen molar-refractivity contribution in [2.24, 2.45) is 0 Å². The number of likely N-dealkylation sites (tertiary alicyclic amines) is 1. The van der Waals surface area contributed by atoms with Crippen molar-refractivity contribution < 1.29 is 4.74 Å². The van der Waals surface area contributed by atoms with Gasteiger partial charge in [-0.05, 0) is 49.9 Å². The van der Waals surface area contributed by atoms with E-state index in [2.05, 4.69) is 35.2 Å². The molecule has 1 saturated heterocycles. The molecule has 3 rings (SSSR count). The molecule has 1 heterocycles. The highest BCUT2D eigenvalue weighted by Crippen LogP contribution is 2.18. The van der Waals surface area contributed by atoms with Crippen molar-refractivity contribution in [1.82, 2.24) is 4.90 Å². The lowest BCUT2D eigenvalue weighted by molar-refractivity contribution is 0.1000. The van der Waals surface area contributed by atoms with E-state index >= 15 is 0 Å². The Morgan fingerprint density at radius 2 is 1.50 bits per heavy atom. The first-order valence-electron chi connectivity index (χ1n) is 8.38. The van der Waals surface area contributed by atoms with Gasteiger partial charge in [-0.3, -0.25) is 0 Å². The van der Waals surface area contributed by atoms with Crippen LogP contribution in [0.25, 0.3) is 0 Å². The van der Waals surface area contributed by atoms with E-state index in [1.807, 2.05) is 30.3 Å². The highest BCUT2D eigenvalue weighted by molar-refractivity contribution is 5.21. The van der Waals surface area contributed by atoms with Gasteiger partial charge in [-0.25, -0.2) is 0 Å². The number of aryl methyl sites for hydroxylation is 1. The van der Waals surface area contributed by atoms with E-state index in [-0.39, 0.29) is 0 Å². The van der Waals surface area contributed by atoms with Crippen LogP contribution in [-0.2, 0) is 6.42 Å². The number of ether oxygens (including phenoxy) is 1. The van der Waals surface area contributed by atoms with Crippen LogP contribution in [0.2, 0.25) is 0 Å². The largest absolute Gasteiger partial charge is 0.490 e. The molecule has 116 valence electrons. The average molecular weight is 295 g/mol. The maximum Gasteiger partial charge on any atom is 0.119 e. The SMILES string of the molecule is c1ccc(CCCN2CCC(Oc3ccccc3)CC2)cc1. The molecule has 0 aliphatic carbocycles. The lowest BCUT2D eigenvalue weighted by Crippen LogP contribution is -2.38. The standard InChI is InChI=1S/C20H25NO/c1-3-8-18(9-4-1)10-7-15-21-16-13-20(14-17-21)22-19-11-5-2-6-12-19/h1-6,8-9,11-12,20H,7,10,13-17H2. The van der Waals surface area contributed by atoms with Gasteiger partial charge >= 0.3 is 0 Å². The zero-order valence-electron chi connectivity index (χ0n) is 13.2. The highest BCUT2D eigenvalue weighted by atomic mass is 16.5. The van der Waals surface area contributed by atoms with Crippen LogP contribution in [0.15, 0.2) is 60.7 Å². The van der Waals surface area contributed by atoms with Gasteiger partial charge in [0.05, 0.1) is 0 Å². The molecule has 0 radical (unpaired) electrons. The Hall–Kier alpha value is -1.80. The molecule has 0 saturated carbocycles. The summed E-state index contributed by atoms with van der Waals surface area (Å²) in [6, 6.07) is 21.0. The molecule has 2 aromatic carbocycles. The second kappa shape index (κ2) is 8.00. The van der Waals surface area contributed by atoms with Gasteiger partial charge < -0.3 is 9.64 Å². The van der Waals surface area contributed by atoms with E-state index in [9.17, 15) is 0 Å². The fourth-order valence-electron chi connectivity index (χ4n) is 3.09. The van der Waals surface area contributed by atoms with Gasteiger partial charge in [-0.15, -0.1) is 0 Å². The van der Waals surface area contributed by atoms with Crippen molar-refractivity contribution in [1.29, 1.82) is 0 Å². The Balaban J connectivity index is 1.35. The van der Waals surface area contributed by atoms with E-state index < -0.39 is 0 Å². The maximum atomic E-state index is 6.05. The first kappa shape index (κ1) is 15.1. The molecule has 0 amide bonds. The molecule has 1 fully saturated rings. The number of hydrogen-bond donors (Lipinski definition) is 0. The Morgan fingerprint density at radius 3 is 2.18 bits per heavy atom. The Labute approximate surface area is 133 Å². The molecule has 22 heavy (non-hydrogen) atoms. The van der Waals surface area contributed by atoms with E-state index in [0.29, 0.717) is 6.10 Å². The average Bonchev–Trinajstić information content (AvgIpc) is 2.58. The minimum atomic E-state index is 0.382. The molecule has 0 spiro atoms. The van der Waals surface area contributed by atoms with Crippen LogP contribution in [0.5, 0.6) is 5.75 Å². The second-order valence-electron chi connectivity index (χ2n) is 6.06. The molecule has 0 N–H and O–H groups in total. The van der Waals surface area contributed by atoms with Gasteiger partial charge in [0, 0.05) is 13.1 Å². The fourth-order valence-corrected chi connectivity index (χ4v) is 3.09. The fraction of sp³-hybridized carbons (Fsp3) is 0.400. The van der Waals surface area contributed by atoms with Gasteiger partial charge in [0.2, 0.25) is 0 Å². The zero-order valence-corrected chi connectivity index (χ0v) is 13.2. The lowest BCUT2D eigenvalue weighted by atomic mass is 10.1. The van der Waals surface area contributed by atoms with Crippen molar-refractivity contribution in [2.75, 3.05) is 19.6 Å². The summed E-state index contributed by atoms with van der Waals surface area (Å²) in [5, 5.41) is 0. The number of rotatable bonds is 6. The third-order valence-electron chi connectivity index (χ3n) is 4.36. The molecule has 2 nitrogen and oxygen atoms in total. The Bertz CT molecular complexity index is 532. The van der Waals surface area contributed by atoms with Crippen LogP contribution >= 0.6 is 0 Å². The van der Waals surface area contributed by atoms with Crippen molar-refractivity contribution >= 4 is 0 Å². The van der Waals surface area contributed by atoms with E-state index in [1.54, 1.807) is 0 Å². The van der Waals surface area contributed by atoms with Crippen molar-refractivity contribution in [3.05, 3.63) is 66.2 Å². The summed E-state index contributed by atoms with van der Waals surface area (Å²) >= 11 is 0. The van der Waals surface area contributed by atoms with Gasteiger partial charge in [0.25, 0.3) is 0 Å². The molecule has 0 aromatic heterocycles. The number of nitrogens with zero attached hydrogens (tertiary/aromatic N) is 1. The zero-order chi connectivity index (χ0) is 15.0. The first-order valence-corrected chi connectivity index (χ1v) is 8.38. The highest BCUT2D eigenvalue weighted by Gasteiger charge is 2.19. The Kier molecular flexibility index (Phi) is 5.49. The summed E-state index contributed by atoms with van der Waals surface area (Å²) in [6.45, 7) is 3.52. The normalized spacial score (nSPS) is 16.5. The molecule has 2 aromatic rings. The van der Waals surface area contributed by atoms with Crippen molar-refractivity contribution in [2.45, 2.75) is 31.8 Å². The summed E-state index contributed by atoms with van der Waals surface area (Å²) in [5.74, 6) is 1.00. The topological polar surface area (TPSA) is 12.5 Å². The summed E-state index contributed by atoms with van der Waals surface area (Å²) in [6.07, 6.45) is 5.09. The van der Waals surface area contributed by atoms with Crippen molar-refractivity contribution in [3.8, 4) is 5.75 Å². The van der Waals surface area contributed by atoms with Crippen LogP contribution < -0.4 is 4.74 Å². The molecule has 0 unspecified atom stereocenters. The number of hydrogen-bond acceptors (Lipinski definition) is 2. The minimum Gasteiger partial charge on any atom is -0.490 e. The van der Waals surface area contributed by atoms with Crippen LogP contribution in [-0.4, -0.2) is 30.6 Å². The van der Waals surface area contributed by atoms with E-state index in [1.165, 1.54) is 24.9 Å². The van der Waals surface area contributed by atoms with Crippen LogP contribution in [0.3, 0.4) is 0 Å². The molecular weight excluding hydrogens is 270 g/mol. The third-order valence-corrected chi connectivity index (χ3v) is 4.36. The molecule has 0 atom stereocenters. The Morgan fingerprint density at radius 1 is 0.864 bits per heavy atom. The van der Waals surface area contributed by atoms with Crippen LogP contribution in [0.1, 0.15) is 24.8 Å². The van der Waals surface area contributed by atoms with Gasteiger partial charge in [-0.1, -0.05) is 48.5 Å². The summed E-state index contributed by atoms with van der Waals surface area (Å²) < 4.78 is 6.05. The predicted molar refractivity (Wildman–Crippen MR) is 91.3 cm³/mol. The van der Waals surface area contributed by atoms with Crippen molar-refractivity contribution in [3.63, 3.8) is 0 Å². The van der Waals surface area contributed by atoms with Gasteiger partial charge in [-0.2, -0.15) is 0 Å². The summed E-state index contributed by atoms with van der Waals surface area (Å²) in [4.78, 5) is 2.58. The summed E-state index contributed by atoms with van der Waals surface area (Å²) in [7, 11) is 0. The third kappa shape index (κ3) is 4.60. The maximum absolute atomic E-state index is 6.05. The monoisotopic (exact) mass is 295 g/mol. The van der Waals surface area contributed by atoms with E-state index in [0.717, 1.165) is 31.7 Å². The molecule has 1 aliphatic rings. The number of benzene rings is 2. The second-order valence-corrected chi connectivity index (χ2v) is 6.06. The number of para-hydroxylation sites is 1. The molecule has 2 heteroatoms. The first-order chi connectivity index (χ1) is 10.9. The smallest absolute Gasteiger partial charge is 0.119 e. The molecule has 0 bridgehead atoms. The quantitative estimate of drug-likeness (QED) is 0.793. The van der Waals surface area contributed by atoms with Crippen LogP contribution in [0.4, 0.5) is 0 Å².